The molecule has 0 aromatic carbocycles. The van der Waals surface area contributed by atoms with Crippen LogP contribution in [0.1, 0.15) is 458 Å². The summed E-state index contributed by atoms with van der Waals surface area (Å²) in [6.45, 7) is 7.35. The van der Waals surface area contributed by atoms with Gasteiger partial charge in [0.05, 0.1) is 26.4 Å². The molecule has 0 heterocycles. The van der Waals surface area contributed by atoms with Crippen molar-refractivity contribution in [3.05, 3.63) is 0 Å². The minimum atomic E-state index is -4.96. The van der Waals surface area contributed by atoms with E-state index in [4.69, 9.17) is 37.0 Å². The number of carbonyl (C=O) groups is 4. The van der Waals surface area contributed by atoms with Crippen LogP contribution < -0.4 is 0 Å². The maximum Gasteiger partial charge on any atom is 0.472 e. The SMILES string of the molecule is CCCCCCCCCCCCCCCCCCCCCCCC(=O)O[C@H](COC(=O)CCCCCCCCCCCCCCCCCCC)COP(=O)(O)OC[C@@H](O)COP(=O)(O)OC[C@@H](COC(=O)CCCCCCCCCCCCCCC)OC(=O)CCCCCCCCCCCCC(C)C. The Bertz CT molecular complexity index is 1980. The Morgan fingerprint density at radius 2 is 0.442 bits per heavy atom. The van der Waals surface area contributed by atoms with Crippen molar-refractivity contribution in [3.8, 4) is 0 Å². The number of esters is 4. The summed E-state index contributed by atoms with van der Waals surface area (Å²) in [5, 5.41) is 10.7. The predicted octanol–water partition coefficient (Wildman–Crippen LogP) is 26.0. The summed E-state index contributed by atoms with van der Waals surface area (Å²) >= 11 is 0. The van der Waals surface area contributed by atoms with Gasteiger partial charge in [0.25, 0.3) is 0 Å². The molecule has 0 aromatic rings. The maximum atomic E-state index is 13.1. The number of hydrogen-bond acceptors (Lipinski definition) is 15. The van der Waals surface area contributed by atoms with Gasteiger partial charge in [-0.05, 0) is 31.6 Å². The van der Waals surface area contributed by atoms with Crippen LogP contribution in [0.2, 0.25) is 0 Å². The van der Waals surface area contributed by atoms with Crippen molar-refractivity contribution in [1.82, 2.24) is 0 Å². The number of phosphoric acid groups is 2. The molecule has 0 radical (unpaired) electrons. The Kier molecular flexibility index (Phi) is 76.3. The highest BCUT2D eigenvalue weighted by Crippen LogP contribution is 2.45. The van der Waals surface area contributed by atoms with Crippen molar-refractivity contribution in [2.45, 2.75) is 477 Å². The van der Waals surface area contributed by atoms with Gasteiger partial charge >= 0.3 is 39.5 Å². The molecule has 3 N–H and O–H groups in total. The molecule has 618 valence electrons. The van der Waals surface area contributed by atoms with Gasteiger partial charge in [-0.3, -0.25) is 37.3 Å². The zero-order valence-electron chi connectivity index (χ0n) is 68.2. The van der Waals surface area contributed by atoms with Crippen LogP contribution in [-0.4, -0.2) is 96.7 Å². The van der Waals surface area contributed by atoms with Crippen LogP contribution in [-0.2, 0) is 65.4 Å². The topological polar surface area (TPSA) is 237 Å². The summed E-state index contributed by atoms with van der Waals surface area (Å²) in [6.07, 6.45) is 70.8. The third-order valence-electron chi connectivity index (χ3n) is 20.0. The predicted molar refractivity (Wildman–Crippen MR) is 428 cm³/mol. The molecule has 0 spiro atoms. The molecule has 0 rings (SSSR count). The summed E-state index contributed by atoms with van der Waals surface area (Å²) in [4.78, 5) is 73.2. The number of aliphatic hydroxyl groups excluding tert-OH is 1. The molecule has 104 heavy (non-hydrogen) atoms. The van der Waals surface area contributed by atoms with Crippen LogP contribution >= 0.6 is 15.6 Å². The monoisotopic (exact) mass is 1520 g/mol. The van der Waals surface area contributed by atoms with Crippen LogP contribution in [0.25, 0.3) is 0 Å². The van der Waals surface area contributed by atoms with Crippen molar-refractivity contribution in [1.29, 1.82) is 0 Å². The quantitative estimate of drug-likeness (QED) is 0.0222. The van der Waals surface area contributed by atoms with Crippen molar-refractivity contribution in [2.24, 2.45) is 5.92 Å². The highest BCUT2D eigenvalue weighted by atomic mass is 31.2. The summed E-state index contributed by atoms with van der Waals surface area (Å²) < 4.78 is 68.9. The number of unbranched alkanes of at least 4 members (excludes halogenated alkanes) is 57. The van der Waals surface area contributed by atoms with Crippen molar-refractivity contribution < 1.29 is 80.2 Å². The lowest BCUT2D eigenvalue weighted by Gasteiger charge is -2.21. The number of carbonyl (C=O) groups excluding carboxylic acids is 4. The van der Waals surface area contributed by atoms with E-state index in [1.54, 1.807) is 0 Å². The highest BCUT2D eigenvalue weighted by Gasteiger charge is 2.30. The van der Waals surface area contributed by atoms with E-state index in [0.29, 0.717) is 25.7 Å². The first kappa shape index (κ1) is 102. The number of ether oxygens (including phenoxy) is 4. The first-order valence-electron chi connectivity index (χ1n) is 44.1. The Balaban J connectivity index is 5.24. The summed E-state index contributed by atoms with van der Waals surface area (Å²) in [6, 6.07) is 0. The first-order chi connectivity index (χ1) is 50.5. The molecule has 19 heteroatoms. The molecule has 0 saturated heterocycles. The van der Waals surface area contributed by atoms with Crippen molar-refractivity contribution >= 4 is 39.5 Å². The van der Waals surface area contributed by atoms with E-state index in [-0.39, 0.29) is 25.7 Å². The lowest BCUT2D eigenvalue weighted by molar-refractivity contribution is -0.161. The van der Waals surface area contributed by atoms with E-state index < -0.39 is 97.5 Å². The standard InChI is InChI=1S/C85H166O17P2/c1-6-9-12-15-18-21-24-27-29-31-32-33-34-36-38-41-44-50-55-60-65-70-84(89)101-80(74-96-83(88)69-64-59-54-49-43-40-37-35-30-28-25-22-19-16-13-10-7-2)76-99-103(91,92)97-72-79(86)73-98-104(93,94)100-77-81(102-85(90)71-66-61-56-51-46-45-47-52-57-62-67-78(4)5)75-95-82(87)68-63-58-53-48-42-39-26-23-20-17-14-11-8-3/h78-81,86H,6-77H2,1-5H3,(H,91,92)(H,93,94)/t79-,80-,81-/m1/s1. The molecule has 2 unspecified atom stereocenters. The van der Waals surface area contributed by atoms with Crippen LogP contribution in [0.4, 0.5) is 0 Å². The normalized spacial score (nSPS) is 13.8. The second-order valence-electron chi connectivity index (χ2n) is 31.1. The van der Waals surface area contributed by atoms with Gasteiger partial charge in [-0.2, -0.15) is 0 Å². The number of aliphatic hydroxyl groups is 1. The molecule has 0 saturated carbocycles. The molecule has 0 amide bonds. The van der Waals surface area contributed by atoms with Gasteiger partial charge in [-0.15, -0.1) is 0 Å². The van der Waals surface area contributed by atoms with Gasteiger partial charge in [-0.1, -0.05) is 407 Å². The molecule has 0 aliphatic heterocycles. The third kappa shape index (κ3) is 78.2. The number of rotatable bonds is 85. The van der Waals surface area contributed by atoms with Crippen LogP contribution in [0.5, 0.6) is 0 Å². The van der Waals surface area contributed by atoms with Gasteiger partial charge < -0.3 is 33.8 Å². The summed E-state index contributed by atoms with van der Waals surface area (Å²) in [5.74, 6) is -1.35. The Hall–Kier alpha value is -1.94. The third-order valence-corrected chi connectivity index (χ3v) is 21.9. The Morgan fingerprint density at radius 1 is 0.260 bits per heavy atom. The minimum absolute atomic E-state index is 0.107. The number of phosphoric ester groups is 2. The average Bonchev–Trinajstić information content (AvgIpc) is 0.910. The van der Waals surface area contributed by atoms with E-state index in [2.05, 4.69) is 34.6 Å². The van der Waals surface area contributed by atoms with E-state index >= 15 is 0 Å². The van der Waals surface area contributed by atoms with Gasteiger partial charge in [0.2, 0.25) is 0 Å². The molecular weight excluding hydrogens is 1350 g/mol. The van der Waals surface area contributed by atoms with Crippen LogP contribution in [0.3, 0.4) is 0 Å². The molecule has 0 fully saturated rings. The first-order valence-corrected chi connectivity index (χ1v) is 47.1. The van der Waals surface area contributed by atoms with Gasteiger partial charge in [-0.25, -0.2) is 9.13 Å². The Labute approximate surface area is 638 Å². The summed E-state index contributed by atoms with van der Waals surface area (Å²) in [7, 11) is -9.93. The van der Waals surface area contributed by atoms with E-state index in [1.165, 1.54) is 283 Å². The minimum Gasteiger partial charge on any atom is -0.462 e. The number of hydrogen-bond donors (Lipinski definition) is 3. The Morgan fingerprint density at radius 3 is 0.654 bits per heavy atom. The second kappa shape index (κ2) is 77.8. The molecule has 5 atom stereocenters. The van der Waals surface area contributed by atoms with Gasteiger partial charge in [0.1, 0.15) is 19.3 Å². The summed E-state index contributed by atoms with van der Waals surface area (Å²) in [5.41, 5.74) is 0. The second-order valence-corrected chi connectivity index (χ2v) is 34.0. The van der Waals surface area contributed by atoms with E-state index in [1.807, 2.05) is 0 Å². The van der Waals surface area contributed by atoms with Gasteiger partial charge in [0, 0.05) is 25.7 Å². The fourth-order valence-electron chi connectivity index (χ4n) is 13.3. The maximum absolute atomic E-state index is 13.1. The van der Waals surface area contributed by atoms with Crippen molar-refractivity contribution in [2.75, 3.05) is 39.6 Å². The van der Waals surface area contributed by atoms with Crippen LogP contribution in [0.15, 0.2) is 0 Å². The van der Waals surface area contributed by atoms with Crippen LogP contribution in [0, 0.1) is 5.92 Å². The van der Waals surface area contributed by atoms with E-state index in [9.17, 15) is 43.2 Å². The molecule has 0 aliphatic carbocycles. The fourth-order valence-corrected chi connectivity index (χ4v) is 14.9. The fraction of sp³-hybridized carbons (Fsp3) is 0.953. The smallest absolute Gasteiger partial charge is 0.462 e. The van der Waals surface area contributed by atoms with Crippen molar-refractivity contribution in [3.63, 3.8) is 0 Å². The lowest BCUT2D eigenvalue weighted by atomic mass is 10.0. The van der Waals surface area contributed by atoms with E-state index in [0.717, 1.165) is 95.8 Å². The zero-order chi connectivity index (χ0) is 76.2. The largest absolute Gasteiger partial charge is 0.472 e. The van der Waals surface area contributed by atoms with Gasteiger partial charge in [0.15, 0.2) is 12.2 Å². The molecule has 0 bridgehead atoms. The highest BCUT2D eigenvalue weighted by molar-refractivity contribution is 7.47. The molecule has 0 aromatic heterocycles. The molecule has 17 nitrogen and oxygen atoms in total. The molecule has 0 aliphatic rings. The zero-order valence-corrected chi connectivity index (χ0v) is 70.0. The lowest BCUT2D eigenvalue weighted by Crippen LogP contribution is -2.30. The molecular formula is C85H166O17P2. The average molecular weight is 1520 g/mol.